The van der Waals surface area contributed by atoms with Crippen molar-refractivity contribution < 1.29 is 19.1 Å². The lowest BCUT2D eigenvalue weighted by Gasteiger charge is -2.10. The predicted octanol–water partition coefficient (Wildman–Crippen LogP) is 3.74. The summed E-state index contributed by atoms with van der Waals surface area (Å²) in [5.41, 5.74) is 0.540. The van der Waals surface area contributed by atoms with Crippen molar-refractivity contribution in [3.8, 4) is 5.75 Å². The van der Waals surface area contributed by atoms with Crippen LogP contribution in [0.25, 0.3) is 0 Å². The first-order chi connectivity index (χ1) is 10.1. The number of esters is 2. The van der Waals surface area contributed by atoms with Gasteiger partial charge in [-0.15, -0.1) is 0 Å². The molecule has 0 aliphatic carbocycles. The maximum absolute atomic E-state index is 12.0. The van der Waals surface area contributed by atoms with Crippen LogP contribution in [0.4, 0.5) is 0 Å². The van der Waals surface area contributed by atoms with Crippen LogP contribution in [0.2, 0.25) is 5.02 Å². The van der Waals surface area contributed by atoms with Gasteiger partial charge in [0.1, 0.15) is 11.3 Å². The molecule has 0 saturated carbocycles. The van der Waals surface area contributed by atoms with Gasteiger partial charge in [0.05, 0.1) is 12.2 Å². The quantitative estimate of drug-likeness (QED) is 0.638. The molecule has 0 N–H and O–H groups in total. The van der Waals surface area contributed by atoms with E-state index in [1.807, 2.05) is 0 Å². The topological polar surface area (TPSA) is 52.6 Å². The van der Waals surface area contributed by atoms with Crippen molar-refractivity contribution in [1.82, 2.24) is 0 Å². The molecule has 21 heavy (non-hydrogen) atoms. The number of hydrogen-bond donors (Lipinski definition) is 0. The third-order valence-electron chi connectivity index (χ3n) is 2.65. The Morgan fingerprint density at radius 2 is 1.76 bits per heavy atom. The van der Waals surface area contributed by atoms with Gasteiger partial charge < -0.3 is 9.47 Å². The second-order valence-corrected chi connectivity index (χ2v) is 4.55. The first-order valence-corrected chi connectivity index (χ1v) is 6.73. The maximum Gasteiger partial charge on any atom is 0.343 e. The van der Waals surface area contributed by atoms with Crippen LogP contribution in [0.3, 0.4) is 0 Å². The lowest BCUT2D eigenvalue weighted by Crippen LogP contribution is -2.13. The van der Waals surface area contributed by atoms with Gasteiger partial charge in [-0.3, -0.25) is 0 Å². The SMILES string of the molecule is CCOC(=O)c1ccc(Cl)cc1OC(=O)c1ccccc1. The highest BCUT2D eigenvalue weighted by molar-refractivity contribution is 6.30. The Morgan fingerprint density at radius 1 is 1.05 bits per heavy atom. The molecule has 0 bridgehead atoms. The summed E-state index contributed by atoms with van der Waals surface area (Å²) in [7, 11) is 0. The smallest absolute Gasteiger partial charge is 0.343 e. The number of carbonyl (C=O) groups is 2. The molecule has 5 heteroatoms. The molecule has 2 aromatic carbocycles. The molecule has 0 saturated heterocycles. The van der Waals surface area contributed by atoms with Gasteiger partial charge in [-0.2, -0.15) is 0 Å². The van der Waals surface area contributed by atoms with Gasteiger partial charge in [0.25, 0.3) is 0 Å². The molecule has 0 spiro atoms. The van der Waals surface area contributed by atoms with Gasteiger partial charge in [-0.05, 0) is 31.2 Å². The number of benzene rings is 2. The zero-order chi connectivity index (χ0) is 15.2. The summed E-state index contributed by atoms with van der Waals surface area (Å²) in [6.07, 6.45) is 0. The first-order valence-electron chi connectivity index (χ1n) is 6.35. The molecule has 108 valence electrons. The van der Waals surface area contributed by atoms with Crippen LogP contribution in [-0.2, 0) is 4.74 Å². The third kappa shape index (κ3) is 3.83. The van der Waals surface area contributed by atoms with Crippen LogP contribution in [-0.4, -0.2) is 18.5 Å². The van der Waals surface area contributed by atoms with Crippen molar-refractivity contribution in [2.75, 3.05) is 6.61 Å². The molecule has 2 aromatic rings. The zero-order valence-corrected chi connectivity index (χ0v) is 12.1. The Hall–Kier alpha value is -2.33. The average Bonchev–Trinajstić information content (AvgIpc) is 2.48. The lowest BCUT2D eigenvalue weighted by molar-refractivity contribution is 0.0520. The molecular weight excluding hydrogens is 292 g/mol. The molecule has 0 unspecified atom stereocenters. The molecule has 0 aromatic heterocycles. The monoisotopic (exact) mass is 304 g/mol. The molecular formula is C16H13ClO4. The summed E-state index contributed by atoms with van der Waals surface area (Å²) in [5, 5.41) is 0.360. The van der Waals surface area contributed by atoms with Gasteiger partial charge in [-0.25, -0.2) is 9.59 Å². The summed E-state index contributed by atoms with van der Waals surface area (Å²) >= 11 is 5.88. The summed E-state index contributed by atoms with van der Waals surface area (Å²) in [6.45, 7) is 1.93. The van der Waals surface area contributed by atoms with Gasteiger partial charge in [-0.1, -0.05) is 29.8 Å². The fraction of sp³-hybridized carbons (Fsp3) is 0.125. The second-order valence-electron chi connectivity index (χ2n) is 4.12. The van der Waals surface area contributed by atoms with Crippen LogP contribution in [0.15, 0.2) is 48.5 Å². The van der Waals surface area contributed by atoms with E-state index in [2.05, 4.69) is 0 Å². The van der Waals surface area contributed by atoms with Crippen LogP contribution < -0.4 is 4.74 Å². The molecule has 0 fully saturated rings. The molecule has 0 aliphatic rings. The van der Waals surface area contributed by atoms with Crippen molar-refractivity contribution in [2.24, 2.45) is 0 Å². The van der Waals surface area contributed by atoms with E-state index in [1.54, 1.807) is 37.3 Å². The van der Waals surface area contributed by atoms with E-state index in [0.717, 1.165) is 0 Å². The highest BCUT2D eigenvalue weighted by Gasteiger charge is 2.17. The number of halogens is 1. The van der Waals surface area contributed by atoms with Crippen LogP contribution in [0, 0.1) is 0 Å². The average molecular weight is 305 g/mol. The molecule has 0 atom stereocenters. The Morgan fingerprint density at radius 3 is 2.43 bits per heavy atom. The molecule has 0 radical (unpaired) electrons. The fourth-order valence-corrected chi connectivity index (χ4v) is 1.85. The highest BCUT2D eigenvalue weighted by atomic mass is 35.5. The van der Waals surface area contributed by atoms with Crippen LogP contribution >= 0.6 is 11.6 Å². The predicted molar refractivity (Wildman–Crippen MR) is 78.8 cm³/mol. The standard InChI is InChI=1S/C16H13ClO4/c1-2-20-16(19)13-9-8-12(17)10-14(13)21-15(18)11-6-4-3-5-7-11/h3-10H,2H2,1H3. The van der Waals surface area contributed by atoms with Crippen molar-refractivity contribution in [3.63, 3.8) is 0 Å². The van der Waals surface area contributed by atoms with Gasteiger partial charge in [0.2, 0.25) is 0 Å². The molecule has 0 heterocycles. The van der Waals surface area contributed by atoms with E-state index in [-0.39, 0.29) is 17.9 Å². The summed E-state index contributed by atoms with van der Waals surface area (Å²) in [4.78, 5) is 23.9. The largest absolute Gasteiger partial charge is 0.462 e. The second kappa shape index (κ2) is 6.90. The normalized spacial score (nSPS) is 10.0. The van der Waals surface area contributed by atoms with E-state index < -0.39 is 11.9 Å². The summed E-state index contributed by atoms with van der Waals surface area (Å²) in [5.74, 6) is -1.05. The molecule has 2 rings (SSSR count). The Kier molecular flexibility index (Phi) is 4.95. The van der Waals surface area contributed by atoms with Gasteiger partial charge in [0, 0.05) is 11.1 Å². The number of rotatable bonds is 4. The molecule has 0 amide bonds. The van der Waals surface area contributed by atoms with Crippen molar-refractivity contribution in [3.05, 3.63) is 64.7 Å². The van der Waals surface area contributed by atoms with Crippen LogP contribution in [0.1, 0.15) is 27.6 Å². The van der Waals surface area contributed by atoms with E-state index in [9.17, 15) is 9.59 Å². The number of carbonyl (C=O) groups excluding carboxylic acids is 2. The van der Waals surface area contributed by atoms with E-state index in [1.165, 1.54) is 18.2 Å². The van der Waals surface area contributed by atoms with Gasteiger partial charge in [0.15, 0.2) is 0 Å². The first kappa shape index (κ1) is 15.1. The maximum atomic E-state index is 12.0. The number of ether oxygens (including phenoxy) is 2. The minimum atomic E-state index is -0.566. The Bertz CT molecular complexity index is 653. The summed E-state index contributed by atoms with van der Waals surface area (Å²) in [6, 6.07) is 12.9. The van der Waals surface area contributed by atoms with E-state index in [4.69, 9.17) is 21.1 Å². The third-order valence-corrected chi connectivity index (χ3v) is 2.89. The van der Waals surface area contributed by atoms with Gasteiger partial charge >= 0.3 is 11.9 Å². The minimum absolute atomic E-state index is 0.0785. The van der Waals surface area contributed by atoms with Crippen molar-refractivity contribution in [1.29, 1.82) is 0 Å². The minimum Gasteiger partial charge on any atom is -0.462 e. The Labute approximate surface area is 127 Å². The number of hydrogen-bond acceptors (Lipinski definition) is 4. The van der Waals surface area contributed by atoms with E-state index >= 15 is 0 Å². The van der Waals surface area contributed by atoms with Crippen LogP contribution in [0.5, 0.6) is 5.75 Å². The molecule has 0 aliphatic heterocycles. The lowest BCUT2D eigenvalue weighted by atomic mass is 10.2. The van der Waals surface area contributed by atoms with Crippen molar-refractivity contribution >= 4 is 23.5 Å². The Balaban J connectivity index is 2.28. The highest BCUT2D eigenvalue weighted by Crippen LogP contribution is 2.25. The van der Waals surface area contributed by atoms with Crippen molar-refractivity contribution in [2.45, 2.75) is 6.92 Å². The fourth-order valence-electron chi connectivity index (χ4n) is 1.69. The zero-order valence-electron chi connectivity index (χ0n) is 11.3. The summed E-state index contributed by atoms with van der Waals surface area (Å²) < 4.78 is 10.2. The molecule has 4 nitrogen and oxygen atoms in total. The van der Waals surface area contributed by atoms with E-state index in [0.29, 0.717) is 10.6 Å².